The van der Waals surface area contributed by atoms with Crippen LogP contribution in [-0.2, 0) is 4.79 Å². The molecule has 0 bridgehead atoms. The van der Waals surface area contributed by atoms with E-state index in [2.05, 4.69) is 17.5 Å². The van der Waals surface area contributed by atoms with Crippen molar-refractivity contribution in [3.8, 4) is 0 Å². The van der Waals surface area contributed by atoms with Crippen LogP contribution in [0.4, 0.5) is 0 Å². The summed E-state index contributed by atoms with van der Waals surface area (Å²) in [4.78, 5) is 15.2. The van der Waals surface area contributed by atoms with Crippen LogP contribution in [0.25, 0.3) is 6.08 Å². The van der Waals surface area contributed by atoms with Crippen LogP contribution in [0.1, 0.15) is 17.7 Å². The summed E-state index contributed by atoms with van der Waals surface area (Å²) >= 11 is 3.51. The summed E-state index contributed by atoms with van der Waals surface area (Å²) in [6.07, 6.45) is 4.32. The Balaban J connectivity index is 1.80. The molecule has 0 unspecified atom stereocenters. The van der Waals surface area contributed by atoms with Gasteiger partial charge in [-0.3, -0.25) is 4.79 Å². The van der Waals surface area contributed by atoms with Crippen molar-refractivity contribution in [2.45, 2.75) is 12.8 Å². The molecule has 3 rings (SSSR count). The topological polar surface area (TPSA) is 20.3 Å². The lowest BCUT2D eigenvalue weighted by Gasteiger charge is -2.16. The Morgan fingerprint density at radius 3 is 3.06 bits per heavy atom. The first kappa shape index (κ1) is 10.4. The number of carbonyl (C=O) groups excluding carboxylic acids is 1. The monoisotopic (exact) mass is 251 g/mol. The summed E-state index contributed by atoms with van der Waals surface area (Å²) < 4.78 is 0. The molecule has 1 amide bonds. The molecule has 1 saturated heterocycles. The molecule has 2 aliphatic rings. The quantitative estimate of drug-likeness (QED) is 0.805. The summed E-state index contributed by atoms with van der Waals surface area (Å²) in [6.45, 7) is 0.886. The van der Waals surface area contributed by atoms with E-state index in [9.17, 15) is 4.79 Å². The Kier molecular flexibility index (Phi) is 2.77. The Hall–Kier alpha value is -0.740. The largest absolute Gasteiger partial charge is 0.306 e. The zero-order chi connectivity index (χ0) is 11.0. The number of thiophene rings is 1. The van der Waals surface area contributed by atoms with Crippen LogP contribution >= 0.6 is 23.1 Å². The zero-order valence-corrected chi connectivity index (χ0v) is 10.5. The number of hydrogen-bond donors (Lipinski definition) is 0. The second kappa shape index (κ2) is 4.26. The molecule has 0 radical (unpaired) electrons. The third kappa shape index (κ3) is 2.04. The molecule has 2 nitrogen and oxygen atoms in total. The van der Waals surface area contributed by atoms with Gasteiger partial charge < -0.3 is 4.90 Å². The van der Waals surface area contributed by atoms with Crippen LogP contribution in [0, 0.1) is 5.92 Å². The number of nitrogens with zero attached hydrogens (tertiary/aromatic N) is 1. The van der Waals surface area contributed by atoms with Crippen LogP contribution in [0.15, 0.2) is 22.5 Å². The second-order valence-corrected chi connectivity index (χ2v) is 6.21. The Morgan fingerprint density at radius 2 is 2.38 bits per heavy atom. The van der Waals surface area contributed by atoms with E-state index in [4.69, 9.17) is 0 Å². The number of amides is 1. The summed E-state index contributed by atoms with van der Waals surface area (Å²) in [5.41, 5.74) is 0. The highest BCUT2D eigenvalue weighted by Gasteiger charge is 2.36. The smallest absolute Gasteiger partial charge is 0.230 e. The van der Waals surface area contributed by atoms with Crippen molar-refractivity contribution >= 4 is 35.1 Å². The Bertz CT molecular complexity index is 420. The van der Waals surface area contributed by atoms with Crippen LogP contribution in [-0.4, -0.2) is 23.1 Å². The van der Waals surface area contributed by atoms with Crippen molar-refractivity contribution in [1.82, 2.24) is 4.90 Å². The average Bonchev–Trinajstić information content (AvgIpc) is 2.83. The minimum absolute atomic E-state index is 0.324. The van der Waals surface area contributed by atoms with Crippen LogP contribution in [0.5, 0.6) is 0 Å². The van der Waals surface area contributed by atoms with Gasteiger partial charge >= 0.3 is 0 Å². The van der Waals surface area contributed by atoms with Crippen LogP contribution in [0.3, 0.4) is 0 Å². The molecular formula is C12H13NOS2. The zero-order valence-electron chi connectivity index (χ0n) is 8.89. The number of carbonyl (C=O) groups is 1. The van der Waals surface area contributed by atoms with E-state index >= 15 is 0 Å². The van der Waals surface area contributed by atoms with E-state index in [1.165, 1.54) is 4.88 Å². The maximum absolute atomic E-state index is 12.0. The first-order chi connectivity index (χ1) is 7.84. The van der Waals surface area contributed by atoms with Crippen molar-refractivity contribution in [2.24, 2.45) is 5.92 Å². The minimum Gasteiger partial charge on any atom is -0.306 e. The molecule has 0 aromatic carbocycles. The van der Waals surface area contributed by atoms with Gasteiger partial charge in [0, 0.05) is 23.1 Å². The summed E-state index contributed by atoms with van der Waals surface area (Å²) in [7, 11) is 0. The maximum atomic E-state index is 12.0. The highest BCUT2D eigenvalue weighted by atomic mass is 32.2. The summed E-state index contributed by atoms with van der Waals surface area (Å²) in [5, 5.41) is 3.21. The predicted octanol–water partition coefficient (Wildman–Crippen LogP) is 3.03. The van der Waals surface area contributed by atoms with Crippen LogP contribution < -0.4 is 0 Å². The van der Waals surface area contributed by atoms with E-state index in [0.29, 0.717) is 11.8 Å². The van der Waals surface area contributed by atoms with Gasteiger partial charge in [0.15, 0.2) is 0 Å². The third-order valence-electron chi connectivity index (χ3n) is 2.83. The van der Waals surface area contributed by atoms with E-state index in [0.717, 1.165) is 30.2 Å². The van der Waals surface area contributed by atoms with Gasteiger partial charge in [0.05, 0.1) is 5.03 Å². The fraction of sp³-hybridized carbons (Fsp3) is 0.417. The highest BCUT2D eigenvalue weighted by Crippen LogP contribution is 2.37. The fourth-order valence-electron chi connectivity index (χ4n) is 1.81. The molecule has 1 aromatic rings. The summed E-state index contributed by atoms with van der Waals surface area (Å²) in [6, 6.07) is 4.14. The van der Waals surface area contributed by atoms with Crippen molar-refractivity contribution in [2.75, 3.05) is 12.3 Å². The van der Waals surface area contributed by atoms with Gasteiger partial charge in [0.1, 0.15) is 0 Å². The lowest BCUT2D eigenvalue weighted by atomic mass is 10.3. The number of rotatable bonds is 2. The number of hydrogen-bond acceptors (Lipinski definition) is 3. The maximum Gasteiger partial charge on any atom is 0.230 e. The molecule has 84 valence electrons. The molecule has 0 spiro atoms. The molecule has 16 heavy (non-hydrogen) atoms. The van der Waals surface area contributed by atoms with Gasteiger partial charge in [-0.1, -0.05) is 6.07 Å². The predicted molar refractivity (Wildman–Crippen MR) is 69.2 cm³/mol. The molecular weight excluding hydrogens is 238 g/mol. The van der Waals surface area contributed by atoms with Crippen molar-refractivity contribution in [3.63, 3.8) is 0 Å². The summed E-state index contributed by atoms with van der Waals surface area (Å²) in [5.74, 6) is 1.70. The molecule has 1 saturated carbocycles. The van der Waals surface area contributed by atoms with E-state index in [1.54, 1.807) is 23.1 Å². The van der Waals surface area contributed by atoms with Gasteiger partial charge in [0.25, 0.3) is 0 Å². The molecule has 0 atom stereocenters. The Labute approximate surface area is 103 Å². The van der Waals surface area contributed by atoms with Gasteiger partial charge in [-0.2, -0.15) is 0 Å². The van der Waals surface area contributed by atoms with Crippen LogP contribution in [0.2, 0.25) is 0 Å². The van der Waals surface area contributed by atoms with Crippen molar-refractivity contribution in [3.05, 3.63) is 27.4 Å². The lowest BCUT2D eigenvalue weighted by Crippen LogP contribution is -2.27. The highest BCUT2D eigenvalue weighted by molar-refractivity contribution is 8.03. The van der Waals surface area contributed by atoms with Gasteiger partial charge in [-0.25, -0.2) is 0 Å². The average molecular weight is 251 g/mol. The molecule has 1 aromatic heterocycles. The molecule has 4 heteroatoms. The molecule has 1 aliphatic heterocycles. The fourth-order valence-corrected chi connectivity index (χ4v) is 3.57. The molecule has 2 fully saturated rings. The van der Waals surface area contributed by atoms with E-state index in [-0.39, 0.29) is 0 Å². The SMILES string of the molecule is O=C(C1CC1)N1CCS/C1=C/c1cccs1. The minimum atomic E-state index is 0.324. The third-order valence-corrected chi connectivity index (χ3v) is 4.67. The lowest BCUT2D eigenvalue weighted by molar-refractivity contribution is -0.129. The van der Waals surface area contributed by atoms with Gasteiger partial charge in [-0.05, 0) is 30.4 Å². The number of thioether (sulfide) groups is 1. The first-order valence-corrected chi connectivity index (χ1v) is 7.40. The van der Waals surface area contributed by atoms with E-state index in [1.807, 2.05) is 11.0 Å². The van der Waals surface area contributed by atoms with Gasteiger partial charge in [-0.15, -0.1) is 23.1 Å². The Morgan fingerprint density at radius 1 is 1.50 bits per heavy atom. The standard InChI is InChI=1S/C12H13NOS2/c14-12(9-3-4-9)13-5-7-16-11(13)8-10-2-1-6-15-10/h1-2,6,8-9H,3-5,7H2/b11-8+. The first-order valence-electron chi connectivity index (χ1n) is 5.54. The normalized spacial score (nSPS) is 23.0. The van der Waals surface area contributed by atoms with Gasteiger partial charge in [0.2, 0.25) is 5.91 Å². The van der Waals surface area contributed by atoms with E-state index < -0.39 is 0 Å². The van der Waals surface area contributed by atoms with Crippen molar-refractivity contribution in [1.29, 1.82) is 0 Å². The molecule has 0 N–H and O–H groups in total. The van der Waals surface area contributed by atoms with Crippen molar-refractivity contribution < 1.29 is 4.79 Å². The molecule has 1 aliphatic carbocycles. The second-order valence-electron chi connectivity index (χ2n) is 4.11. The molecule has 2 heterocycles.